The summed E-state index contributed by atoms with van der Waals surface area (Å²) in [5.41, 5.74) is 0.902. The van der Waals surface area contributed by atoms with E-state index in [2.05, 4.69) is 10.3 Å². The van der Waals surface area contributed by atoms with Gasteiger partial charge in [0, 0.05) is 6.54 Å². The van der Waals surface area contributed by atoms with Gasteiger partial charge in [-0.15, -0.1) is 0 Å². The molecule has 2 rings (SSSR count). The molecule has 1 heterocycles. The molecule has 1 aromatic carbocycles. The number of alkyl halides is 1. The number of nitrogens with zero attached hydrogens (tertiary/aromatic N) is 3. The number of hydrogen-bond donors (Lipinski definition) is 1. The summed E-state index contributed by atoms with van der Waals surface area (Å²) in [5.74, 6) is 4.93. The molecular weight excluding hydrogens is 263 g/mol. The Labute approximate surface area is 116 Å². The molecule has 108 valence electrons. The second kappa shape index (κ2) is 6.83. The maximum atomic E-state index is 13.5. The van der Waals surface area contributed by atoms with Crippen LogP contribution in [-0.4, -0.2) is 36.3 Å². The first-order chi connectivity index (χ1) is 9.70. The summed E-state index contributed by atoms with van der Waals surface area (Å²) >= 11 is 0. The highest BCUT2D eigenvalue weighted by Crippen LogP contribution is 2.18. The largest absolute Gasteiger partial charge is 0.445 e. The van der Waals surface area contributed by atoms with Crippen LogP contribution in [0.1, 0.15) is 12.0 Å². The lowest BCUT2D eigenvalue weighted by Gasteiger charge is -2.31. The normalized spacial score (nSPS) is 22.9. The van der Waals surface area contributed by atoms with E-state index in [1.54, 1.807) is 0 Å². The first-order valence-electron chi connectivity index (χ1n) is 6.40. The Hall–Kier alpha value is -2.18. The number of rotatable bonds is 3. The van der Waals surface area contributed by atoms with Crippen LogP contribution in [0.25, 0.3) is 0 Å². The van der Waals surface area contributed by atoms with Crippen molar-refractivity contribution < 1.29 is 13.9 Å². The molecular formula is C13H17FN4O2. The van der Waals surface area contributed by atoms with E-state index in [0.717, 1.165) is 5.56 Å². The SMILES string of the molecule is NN=N[C@@H]1CN(C(=O)OCc2ccccc2)CC[C@H]1F. The second-order valence-electron chi connectivity index (χ2n) is 4.59. The van der Waals surface area contributed by atoms with Gasteiger partial charge in [0.25, 0.3) is 0 Å². The predicted octanol–water partition coefficient (Wildman–Crippen LogP) is 2.06. The molecule has 1 aliphatic heterocycles. The van der Waals surface area contributed by atoms with Crippen LogP contribution in [-0.2, 0) is 11.3 Å². The van der Waals surface area contributed by atoms with Gasteiger partial charge in [-0.3, -0.25) is 0 Å². The molecule has 1 amide bonds. The zero-order valence-electron chi connectivity index (χ0n) is 11.0. The molecule has 0 aliphatic carbocycles. The van der Waals surface area contributed by atoms with E-state index in [-0.39, 0.29) is 19.6 Å². The van der Waals surface area contributed by atoms with Crippen molar-refractivity contribution in [2.24, 2.45) is 16.2 Å². The van der Waals surface area contributed by atoms with E-state index in [1.165, 1.54) is 4.90 Å². The maximum absolute atomic E-state index is 13.5. The lowest BCUT2D eigenvalue weighted by molar-refractivity contribution is 0.0695. The summed E-state index contributed by atoms with van der Waals surface area (Å²) in [6.07, 6.45) is -1.39. The molecule has 1 aromatic rings. The van der Waals surface area contributed by atoms with E-state index < -0.39 is 18.3 Å². The summed E-state index contributed by atoms with van der Waals surface area (Å²) in [6, 6.07) is 8.65. The van der Waals surface area contributed by atoms with Gasteiger partial charge in [-0.2, -0.15) is 5.11 Å². The lowest BCUT2D eigenvalue weighted by Crippen LogP contribution is -2.47. The van der Waals surface area contributed by atoms with Gasteiger partial charge < -0.3 is 15.5 Å². The maximum Gasteiger partial charge on any atom is 0.410 e. The average molecular weight is 280 g/mol. The van der Waals surface area contributed by atoms with Crippen molar-refractivity contribution in [1.82, 2.24) is 4.90 Å². The highest BCUT2D eigenvalue weighted by Gasteiger charge is 2.32. The molecule has 1 saturated heterocycles. The number of halogens is 1. The van der Waals surface area contributed by atoms with Crippen molar-refractivity contribution >= 4 is 6.09 Å². The number of benzene rings is 1. The van der Waals surface area contributed by atoms with Crippen molar-refractivity contribution in [2.45, 2.75) is 25.2 Å². The molecule has 6 nitrogen and oxygen atoms in total. The highest BCUT2D eigenvalue weighted by molar-refractivity contribution is 5.67. The van der Waals surface area contributed by atoms with Crippen molar-refractivity contribution in [2.75, 3.05) is 13.1 Å². The van der Waals surface area contributed by atoms with Gasteiger partial charge in [-0.1, -0.05) is 35.6 Å². The van der Waals surface area contributed by atoms with Crippen LogP contribution < -0.4 is 5.84 Å². The number of likely N-dealkylation sites (tertiary alicyclic amines) is 1. The fraction of sp³-hybridized carbons (Fsp3) is 0.462. The van der Waals surface area contributed by atoms with Crippen molar-refractivity contribution in [3.63, 3.8) is 0 Å². The van der Waals surface area contributed by atoms with Gasteiger partial charge in [0.2, 0.25) is 0 Å². The summed E-state index contributed by atoms with van der Waals surface area (Å²) in [6.45, 7) is 0.638. The van der Waals surface area contributed by atoms with Crippen molar-refractivity contribution in [3.05, 3.63) is 35.9 Å². The average Bonchev–Trinajstić information content (AvgIpc) is 2.48. The van der Waals surface area contributed by atoms with Crippen LogP contribution in [0, 0.1) is 0 Å². The van der Waals surface area contributed by atoms with Gasteiger partial charge >= 0.3 is 6.09 Å². The Morgan fingerprint density at radius 3 is 2.90 bits per heavy atom. The van der Waals surface area contributed by atoms with Crippen molar-refractivity contribution in [1.29, 1.82) is 0 Å². The van der Waals surface area contributed by atoms with Crippen LogP contribution >= 0.6 is 0 Å². The summed E-state index contributed by atoms with van der Waals surface area (Å²) in [7, 11) is 0. The third-order valence-electron chi connectivity index (χ3n) is 3.18. The first kappa shape index (κ1) is 14.2. The number of ether oxygens (including phenoxy) is 1. The Morgan fingerprint density at radius 1 is 1.45 bits per heavy atom. The van der Waals surface area contributed by atoms with Crippen LogP contribution in [0.2, 0.25) is 0 Å². The minimum atomic E-state index is -1.12. The minimum Gasteiger partial charge on any atom is -0.445 e. The molecule has 0 radical (unpaired) electrons. The number of carbonyl (C=O) groups is 1. The van der Waals surface area contributed by atoms with Crippen LogP contribution in [0.4, 0.5) is 9.18 Å². The first-order valence-corrected chi connectivity index (χ1v) is 6.40. The Bertz CT molecular complexity index is 469. The van der Waals surface area contributed by atoms with Gasteiger partial charge in [-0.25, -0.2) is 9.18 Å². The van der Waals surface area contributed by atoms with Crippen LogP contribution in [0.15, 0.2) is 40.7 Å². The molecule has 0 bridgehead atoms. The summed E-state index contributed by atoms with van der Waals surface area (Å²) < 4.78 is 18.7. The lowest BCUT2D eigenvalue weighted by atomic mass is 10.1. The van der Waals surface area contributed by atoms with Gasteiger partial charge in [0.1, 0.15) is 18.8 Å². The fourth-order valence-corrected chi connectivity index (χ4v) is 2.07. The van der Waals surface area contributed by atoms with E-state index >= 15 is 0 Å². The van der Waals surface area contributed by atoms with Gasteiger partial charge in [-0.05, 0) is 12.0 Å². The van der Waals surface area contributed by atoms with E-state index in [1.807, 2.05) is 30.3 Å². The fourth-order valence-electron chi connectivity index (χ4n) is 2.07. The molecule has 1 aliphatic rings. The van der Waals surface area contributed by atoms with E-state index in [4.69, 9.17) is 10.6 Å². The molecule has 0 saturated carbocycles. The Kier molecular flexibility index (Phi) is 4.86. The van der Waals surface area contributed by atoms with Crippen LogP contribution in [0.5, 0.6) is 0 Å². The summed E-state index contributed by atoms with van der Waals surface area (Å²) in [5, 5.41) is 6.70. The van der Waals surface area contributed by atoms with Gasteiger partial charge in [0.15, 0.2) is 0 Å². The number of nitrogens with two attached hydrogens (primary N) is 1. The molecule has 2 N–H and O–H groups in total. The molecule has 1 fully saturated rings. The summed E-state index contributed by atoms with van der Waals surface area (Å²) in [4.78, 5) is 13.3. The number of carbonyl (C=O) groups excluding carboxylic acids is 1. The molecule has 7 heteroatoms. The minimum absolute atomic E-state index is 0.134. The quantitative estimate of drug-likeness (QED) is 0.523. The van der Waals surface area contributed by atoms with E-state index in [0.29, 0.717) is 6.54 Å². The van der Waals surface area contributed by atoms with Gasteiger partial charge in [0.05, 0.1) is 6.54 Å². The third-order valence-corrected chi connectivity index (χ3v) is 3.18. The second-order valence-corrected chi connectivity index (χ2v) is 4.59. The van der Waals surface area contributed by atoms with E-state index in [9.17, 15) is 9.18 Å². The molecule has 0 aromatic heterocycles. The zero-order chi connectivity index (χ0) is 14.4. The highest BCUT2D eigenvalue weighted by atomic mass is 19.1. The predicted molar refractivity (Wildman–Crippen MR) is 70.5 cm³/mol. The zero-order valence-corrected chi connectivity index (χ0v) is 11.0. The smallest absolute Gasteiger partial charge is 0.410 e. The molecule has 2 atom stereocenters. The molecule has 0 spiro atoms. The molecule has 20 heavy (non-hydrogen) atoms. The monoisotopic (exact) mass is 280 g/mol. The Balaban J connectivity index is 1.86. The third kappa shape index (κ3) is 3.66. The van der Waals surface area contributed by atoms with Crippen LogP contribution in [0.3, 0.4) is 0 Å². The molecule has 0 unspecified atom stereocenters. The number of piperidine rings is 1. The standard InChI is InChI=1S/C13H17FN4O2/c14-11-6-7-18(8-12(11)16-17-15)13(19)20-9-10-4-2-1-3-5-10/h1-5,11-12H,6-9H2,(H2,15,16)/t11-,12-/m1/s1. The topological polar surface area (TPSA) is 80.3 Å². The number of hydrogen-bond acceptors (Lipinski definition) is 4. The number of amides is 1. The van der Waals surface area contributed by atoms with Crippen molar-refractivity contribution in [3.8, 4) is 0 Å². The Morgan fingerprint density at radius 2 is 2.20 bits per heavy atom.